The highest BCUT2D eigenvalue weighted by atomic mass is 15.0. The second-order valence-electron chi connectivity index (χ2n) is 37.7. The lowest BCUT2D eigenvalue weighted by Crippen LogP contribution is -1.96. The van der Waals surface area contributed by atoms with Gasteiger partial charge < -0.3 is 27.4 Å². The van der Waals surface area contributed by atoms with E-state index in [1.165, 1.54) is 241 Å². The molecule has 0 bridgehead atoms. The molecule has 0 aliphatic rings. The predicted octanol–water partition coefficient (Wildman–Crippen LogP) is 37.1. The lowest BCUT2D eigenvalue weighted by molar-refractivity contribution is 1.17. The number of benzene rings is 24. The van der Waals surface area contributed by atoms with Gasteiger partial charge in [0.15, 0.2) is 0 Å². The van der Waals surface area contributed by atoms with E-state index in [2.05, 4.69) is 573 Å². The third-order valence-corrected chi connectivity index (χ3v) is 29.7. The largest absolute Gasteiger partial charge is 0.309 e. The fraction of sp³-hybridized carbons (Fsp3) is 0. The van der Waals surface area contributed by atoms with Crippen molar-refractivity contribution >= 4 is 163 Å². The van der Waals surface area contributed by atoms with Gasteiger partial charge in [0.25, 0.3) is 0 Å². The molecule has 30 rings (SSSR count). The van der Waals surface area contributed by atoms with Crippen LogP contribution in [0.2, 0.25) is 0 Å². The fourth-order valence-electron chi connectivity index (χ4n) is 23.2. The van der Waals surface area contributed by atoms with Crippen molar-refractivity contribution in [2.24, 2.45) is 0 Å². The van der Waals surface area contributed by atoms with E-state index in [1.54, 1.807) is 0 Å². The van der Waals surface area contributed by atoms with Gasteiger partial charge in [0.2, 0.25) is 0 Å². The Balaban J connectivity index is 0.000000105. The molecule has 0 aliphatic heterocycles. The number of rotatable bonds is 12. The van der Waals surface area contributed by atoms with Crippen LogP contribution in [0.3, 0.4) is 0 Å². The Morgan fingerprint density at radius 3 is 0.972 bits per heavy atom. The topological polar surface area (TPSA) is 29.6 Å². The molecule has 6 heterocycles. The molecule has 6 aromatic heterocycles. The van der Waals surface area contributed by atoms with Crippen LogP contribution in [0.4, 0.5) is 0 Å². The van der Waals surface area contributed by atoms with Gasteiger partial charge in [-0.05, 0) is 233 Å². The Morgan fingerprint density at radius 2 is 0.424 bits per heavy atom. The molecule has 0 saturated heterocycles. The number of hydrogen-bond donors (Lipinski definition) is 0. The van der Waals surface area contributed by atoms with Crippen LogP contribution in [0.15, 0.2) is 546 Å². The summed E-state index contributed by atoms with van der Waals surface area (Å²) in [7, 11) is 0. The van der Waals surface area contributed by atoms with Crippen LogP contribution in [0.1, 0.15) is 0 Å². The van der Waals surface area contributed by atoms with Gasteiger partial charge in [-0.1, -0.05) is 406 Å². The molecule has 0 unspecified atom stereocenters. The van der Waals surface area contributed by atoms with Crippen molar-refractivity contribution in [3.63, 3.8) is 0 Å². The summed E-state index contributed by atoms with van der Waals surface area (Å²) >= 11 is 0. The van der Waals surface area contributed by atoms with Crippen molar-refractivity contribution in [1.29, 1.82) is 0 Å². The quantitative estimate of drug-likeness (QED) is 0.117. The Hall–Kier alpha value is -19.1. The average Bonchev–Trinajstić information content (AvgIpc) is 1.54. The summed E-state index contributed by atoms with van der Waals surface area (Å²) in [6.07, 6.45) is 0. The predicted molar refractivity (Wildman–Crippen MR) is 610 cm³/mol. The maximum Gasteiger partial charge on any atom is 0.0641 e. The second-order valence-corrected chi connectivity index (χ2v) is 37.7. The zero-order valence-corrected chi connectivity index (χ0v) is 78.6. The van der Waals surface area contributed by atoms with E-state index in [0.29, 0.717) is 0 Å². The molecule has 0 radical (unpaired) electrons. The first kappa shape index (κ1) is 83.1. The maximum absolute atomic E-state index is 2.52. The molecule has 24 aromatic carbocycles. The highest BCUT2D eigenvalue weighted by Gasteiger charge is 2.28. The van der Waals surface area contributed by atoms with Gasteiger partial charge >= 0.3 is 0 Å². The molecule has 144 heavy (non-hydrogen) atoms. The Morgan fingerprint density at radius 1 is 0.111 bits per heavy atom. The minimum atomic E-state index is 1.15. The molecule has 0 N–H and O–H groups in total. The van der Waals surface area contributed by atoms with E-state index < -0.39 is 0 Å². The highest BCUT2D eigenvalue weighted by Crippen LogP contribution is 2.50. The van der Waals surface area contributed by atoms with Crippen LogP contribution >= 0.6 is 0 Å². The molecule has 6 heteroatoms. The minimum Gasteiger partial charge on any atom is -0.309 e. The second kappa shape index (κ2) is 34.5. The normalized spacial score (nSPS) is 11.8. The van der Waals surface area contributed by atoms with Crippen molar-refractivity contribution in [2.45, 2.75) is 0 Å². The minimum absolute atomic E-state index is 1.15. The summed E-state index contributed by atoms with van der Waals surface area (Å²) in [6.45, 7) is 0. The summed E-state index contributed by atoms with van der Waals surface area (Å²) in [5.74, 6) is 0. The molecule has 0 saturated carbocycles. The van der Waals surface area contributed by atoms with Crippen LogP contribution in [0, 0.1) is 0 Å². The Kier molecular flexibility index (Phi) is 19.9. The van der Waals surface area contributed by atoms with Crippen LogP contribution in [-0.4, -0.2) is 27.4 Å². The number of fused-ring (bicyclic) bond motifs is 24. The van der Waals surface area contributed by atoms with Crippen LogP contribution in [-0.2, 0) is 0 Å². The van der Waals surface area contributed by atoms with E-state index in [0.717, 1.165) is 22.7 Å². The number of aromatic nitrogens is 6. The molecular formula is C138H90N6. The smallest absolute Gasteiger partial charge is 0.0641 e. The van der Waals surface area contributed by atoms with Crippen LogP contribution < -0.4 is 0 Å². The van der Waals surface area contributed by atoms with Crippen LogP contribution in [0.5, 0.6) is 0 Å². The third kappa shape index (κ3) is 13.8. The van der Waals surface area contributed by atoms with Crippen molar-refractivity contribution in [1.82, 2.24) is 27.4 Å². The maximum atomic E-state index is 2.52. The van der Waals surface area contributed by atoms with Gasteiger partial charge in [-0.25, -0.2) is 0 Å². The third-order valence-electron chi connectivity index (χ3n) is 29.7. The first-order valence-electron chi connectivity index (χ1n) is 49.6. The van der Waals surface area contributed by atoms with Crippen molar-refractivity contribution in [3.05, 3.63) is 546 Å². The summed E-state index contributed by atoms with van der Waals surface area (Å²) in [6, 6.07) is 199. The fourth-order valence-corrected chi connectivity index (χ4v) is 23.2. The highest BCUT2D eigenvalue weighted by molar-refractivity contribution is 6.31. The van der Waals surface area contributed by atoms with E-state index in [-0.39, 0.29) is 0 Å². The number of para-hydroxylation sites is 4. The number of nitrogens with zero attached hydrogens (tertiary/aromatic N) is 6. The molecule has 0 aliphatic carbocycles. The molecule has 0 fully saturated rings. The van der Waals surface area contributed by atoms with Crippen LogP contribution in [0.25, 0.3) is 264 Å². The van der Waals surface area contributed by atoms with Crippen molar-refractivity contribution < 1.29 is 0 Å². The van der Waals surface area contributed by atoms with Crippen molar-refractivity contribution in [2.75, 3.05) is 0 Å². The monoisotopic (exact) mass is 1830 g/mol. The van der Waals surface area contributed by atoms with E-state index in [4.69, 9.17) is 0 Å². The SMILES string of the molecule is c1ccc(-c2ccc(-n3c4ccc(-c5ccccc5)cc4c4c5c6ccccc6n(-c6ccc7ccccc7c6)c5ccc43)cc2)cc1.c1ccc(-c2ccc(-n3c4ccccc4c4c3ccc3c5ccc(-c6ccccc6)cc5n(-c5cccc6ccccc56)c34)cc2)cc1.c1ccc(-c2ccc3c(c2)c2ccc4c(c5ccccc5n4-c4cccc(-c5cccc6ccccc56)c4)c2n3-c2ccccc2)cc1. The zero-order chi connectivity index (χ0) is 94.8. The van der Waals surface area contributed by atoms with Gasteiger partial charge in [0.05, 0.1) is 71.9 Å². The Bertz CT molecular complexity index is 10300. The Labute approximate surface area is 831 Å². The molecular weight excluding hydrogens is 1740 g/mol. The lowest BCUT2D eigenvalue weighted by Gasteiger charge is -2.13. The van der Waals surface area contributed by atoms with Gasteiger partial charge in [-0.15, -0.1) is 0 Å². The standard InChI is InChI=1S/3C46H30N2/c1-3-13-31(14-4-1)33-25-27-43-41(30-33)39-26-28-44-45(46(39)48(43)35-18-5-2-6-19-35)40-22-9-10-24-42(40)47(44)36-20-11-17-34(29-36)38-23-12-16-32-15-7-8-21-37(32)38;1-3-12-31(13-4-1)33-22-25-36(26-23-33)47-42-20-10-9-19-40(42)45-43(47)29-28-39-38-27-24-35(32-14-5-2-6-15-32)30-44(38)48(46(39)45)41-21-11-17-34-16-7-8-18-37(34)41;1-3-11-31(12-4-1)34-19-23-37(24-20-34)47-42-26-22-36(32-13-5-2-6-14-32)30-40(42)46-44(47)28-27-43-45(46)39-17-9-10-18-41(39)48(43)38-25-21-33-15-7-8-16-35(33)29-38/h3*1-30H. The molecule has 0 atom stereocenters. The first-order chi connectivity index (χ1) is 71.5. The van der Waals surface area contributed by atoms with Gasteiger partial charge in [-0.3, -0.25) is 0 Å². The molecule has 0 amide bonds. The summed E-state index contributed by atoms with van der Waals surface area (Å²) < 4.78 is 14.7. The molecule has 0 spiro atoms. The van der Waals surface area contributed by atoms with Gasteiger partial charge in [-0.2, -0.15) is 0 Å². The molecule has 672 valence electrons. The summed E-state index contributed by atoms with van der Waals surface area (Å²) in [4.78, 5) is 0. The first-order valence-corrected chi connectivity index (χ1v) is 49.6. The molecule has 30 aromatic rings. The van der Waals surface area contributed by atoms with Gasteiger partial charge in [0.1, 0.15) is 0 Å². The van der Waals surface area contributed by atoms with Gasteiger partial charge in [0, 0.05) is 98.5 Å². The summed E-state index contributed by atoms with van der Waals surface area (Å²) in [5.41, 5.74) is 36.1. The number of hydrogen-bond acceptors (Lipinski definition) is 0. The lowest BCUT2D eigenvalue weighted by atomic mass is 9.98. The zero-order valence-electron chi connectivity index (χ0n) is 78.6. The van der Waals surface area contributed by atoms with E-state index in [9.17, 15) is 0 Å². The van der Waals surface area contributed by atoms with E-state index >= 15 is 0 Å². The molecule has 6 nitrogen and oxygen atoms in total. The summed E-state index contributed by atoms with van der Waals surface area (Å²) in [5, 5.41) is 22.6. The van der Waals surface area contributed by atoms with Crippen molar-refractivity contribution in [3.8, 4) is 101 Å². The average molecular weight is 1830 g/mol. The van der Waals surface area contributed by atoms with E-state index in [1.807, 2.05) is 0 Å².